The SMILES string of the molecule is O=C(N/N=C/c1cc(Cc2ccc(OC(=O)c3ccccc3)c(/C=N/NC(=O)c3ccccc3)c2)ccc1OC(=O)c1ccccc1)c1ccccc1. The van der Waals surface area contributed by atoms with Crippen LogP contribution in [0.3, 0.4) is 0 Å². The Morgan fingerprint density at radius 3 is 1.15 bits per heavy atom. The molecular formula is C43H32N4O6. The van der Waals surface area contributed by atoms with Gasteiger partial charge in [0.1, 0.15) is 11.5 Å². The van der Waals surface area contributed by atoms with Crippen LogP contribution in [0.4, 0.5) is 0 Å². The number of esters is 2. The summed E-state index contributed by atoms with van der Waals surface area (Å²) in [6.07, 6.45) is 3.23. The van der Waals surface area contributed by atoms with E-state index in [1.807, 2.05) is 24.3 Å². The summed E-state index contributed by atoms with van der Waals surface area (Å²) >= 11 is 0. The average Bonchev–Trinajstić information content (AvgIpc) is 3.20. The van der Waals surface area contributed by atoms with Crippen molar-refractivity contribution in [2.24, 2.45) is 10.2 Å². The van der Waals surface area contributed by atoms with Crippen LogP contribution in [-0.2, 0) is 6.42 Å². The molecule has 0 atom stereocenters. The summed E-state index contributed by atoms with van der Waals surface area (Å²) in [6.45, 7) is 0. The van der Waals surface area contributed by atoms with Crippen molar-refractivity contribution in [2.75, 3.05) is 0 Å². The molecule has 0 aliphatic rings. The maximum absolute atomic E-state index is 12.9. The van der Waals surface area contributed by atoms with Crippen molar-refractivity contribution in [1.29, 1.82) is 0 Å². The van der Waals surface area contributed by atoms with Crippen LogP contribution in [-0.4, -0.2) is 36.2 Å². The van der Waals surface area contributed by atoms with E-state index in [9.17, 15) is 19.2 Å². The maximum atomic E-state index is 12.9. The second kappa shape index (κ2) is 17.5. The summed E-state index contributed by atoms with van der Waals surface area (Å²) < 4.78 is 11.5. The minimum Gasteiger partial charge on any atom is -0.422 e. The van der Waals surface area contributed by atoms with E-state index >= 15 is 0 Å². The smallest absolute Gasteiger partial charge is 0.343 e. The molecule has 0 aromatic heterocycles. The molecule has 0 aliphatic heterocycles. The normalized spacial score (nSPS) is 10.9. The van der Waals surface area contributed by atoms with Gasteiger partial charge in [-0.2, -0.15) is 10.2 Å². The largest absolute Gasteiger partial charge is 0.422 e. The van der Waals surface area contributed by atoms with Gasteiger partial charge in [-0.05, 0) is 90.3 Å². The molecule has 53 heavy (non-hydrogen) atoms. The zero-order valence-electron chi connectivity index (χ0n) is 28.2. The molecule has 0 saturated carbocycles. The molecule has 260 valence electrons. The first-order chi connectivity index (χ1) is 25.9. The van der Waals surface area contributed by atoms with E-state index in [1.54, 1.807) is 133 Å². The second-order valence-electron chi connectivity index (χ2n) is 11.6. The Morgan fingerprint density at radius 2 is 0.792 bits per heavy atom. The molecule has 0 fully saturated rings. The lowest BCUT2D eigenvalue weighted by molar-refractivity contribution is 0.0725. The number of nitrogens with one attached hydrogen (secondary N) is 2. The van der Waals surface area contributed by atoms with E-state index in [4.69, 9.17) is 9.47 Å². The fourth-order valence-corrected chi connectivity index (χ4v) is 5.13. The molecule has 6 rings (SSSR count). The Balaban J connectivity index is 1.26. The molecule has 0 unspecified atom stereocenters. The molecule has 2 amide bonds. The van der Waals surface area contributed by atoms with Crippen LogP contribution in [0.1, 0.15) is 63.7 Å². The van der Waals surface area contributed by atoms with Crippen molar-refractivity contribution in [2.45, 2.75) is 6.42 Å². The fourth-order valence-electron chi connectivity index (χ4n) is 5.13. The summed E-state index contributed by atoms with van der Waals surface area (Å²) in [6, 6.07) is 45.0. The van der Waals surface area contributed by atoms with Crippen LogP contribution < -0.4 is 20.3 Å². The van der Waals surface area contributed by atoms with Crippen LogP contribution in [0.15, 0.2) is 168 Å². The molecular weight excluding hydrogens is 668 g/mol. The second-order valence-corrected chi connectivity index (χ2v) is 11.6. The first kappa shape index (κ1) is 35.4. The van der Waals surface area contributed by atoms with Gasteiger partial charge in [-0.1, -0.05) is 84.9 Å². The molecule has 0 heterocycles. The Morgan fingerprint density at radius 1 is 0.453 bits per heavy atom. The third kappa shape index (κ3) is 9.83. The number of benzene rings is 6. The van der Waals surface area contributed by atoms with Crippen molar-refractivity contribution < 1.29 is 28.7 Å². The number of ether oxygens (including phenoxy) is 2. The maximum Gasteiger partial charge on any atom is 0.343 e. The van der Waals surface area contributed by atoms with E-state index in [0.717, 1.165) is 11.1 Å². The summed E-state index contributed by atoms with van der Waals surface area (Å²) in [5.41, 5.74) is 9.16. The first-order valence-corrected chi connectivity index (χ1v) is 16.5. The minimum absolute atomic E-state index is 0.241. The monoisotopic (exact) mass is 700 g/mol. The Labute approximate surface area is 305 Å². The lowest BCUT2D eigenvalue weighted by atomic mass is 10.0. The lowest BCUT2D eigenvalue weighted by Crippen LogP contribution is -2.17. The summed E-state index contributed by atoms with van der Waals surface area (Å²) in [5, 5.41) is 8.28. The van der Waals surface area contributed by atoms with Gasteiger partial charge in [0.25, 0.3) is 11.8 Å². The number of nitrogens with zero attached hydrogens (tertiary/aromatic N) is 2. The molecule has 6 aromatic carbocycles. The summed E-state index contributed by atoms with van der Waals surface area (Å²) in [5.74, 6) is -1.42. The van der Waals surface area contributed by atoms with Crippen LogP contribution in [0.25, 0.3) is 0 Å². The minimum atomic E-state index is -0.551. The van der Waals surface area contributed by atoms with Gasteiger partial charge in [0.05, 0.1) is 23.6 Å². The molecule has 0 saturated heterocycles. The average molecular weight is 701 g/mol. The number of hydrogen-bond donors (Lipinski definition) is 2. The summed E-state index contributed by atoms with van der Waals surface area (Å²) in [7, 11) is 0. The predicted octanol–water partition coefficient (Wildman–Crippen LogP) is 7.24. The van der Waals surface area contributed by atoms with Crippen LogP contribution in [0.5, 0.6) is 11.5 Å². The highest BCUT2D eigenvalue weighted by molar-refractivity contribution is 5.97. The third-order valence-electron chi connectivity index (χ3n) is 7.79. The first-order valence-electron chi connectivity index (χ1n) is 16.5. The van der Waals surface area contributed by atoms with Crippen molar-refractivity contribution in [3.8, 4) is 11.5 Å². The predicted molar refractivity (Wildman–Crippen MR) is 201 cm³/mol. The summed E-state index contributed by atoms with van der Waals surface area (Å²) in [4.78, 5) is 51.1. The molecule has 0 radical (unpaired) electrons. The highest BCUT2D eigenvalue weighted by Crippen LogP contribution is 2.25. The highest BCUT2D eigenvalue weighted by Gasteiger charge is 2.15. The van der Waals surface area contributed by atoms with Gasteiger partial charge in [-0.15, -0.1) is 0 Å². The van der Waals surface area contributed by atoms with E-state index in [-0.39, 0.29) is 11.5 Å². The van der Waals surface area contributed by atoms with Crippen LogP contribution in [0.2, 0.25) is 0 Å². The number of hydrazone groups is 2. The molecule has 0 bridgehead atoms. The van der Waals surface area contributed by atoms with Crippen molar-refractivity contribution in [3.63, 3.8) is 0 Å². The molecule has 6 aromatic rings. The van der Waals surface area contributed by atoms with Gasteiger partial charge in [0.15, 0.2) is 0 Å². The lowest BCUT2D eigenvalue weighted by Gasteiger charge is -2.12. The fraction of sp³-hybridized carbons (Fsp3) is 0.0233. The number of amides is 2. The Bertz CT molecular complexity index is 2110. The third-order valence-corrected chi connectivity index (χ3v) is 7.79. The molecule has 0 spiro atoms. The van der Waals surface area contributed by atoms with E-state index in [0.29, 0.717) is 39.8 Å². The van der Waals surface area contributed by atoms with Crippen molar-refractivity contribution >= 4 is 36.2 Å². The number of carbonyl (C=O) groups excluding carboxylic acids is 4. The number of rotatable bonds is 12. The van der Waals surface area contributed by atoms with Crippen LogP contribution >= 0.6 is 0 Å². The van der Waals surface area contributed by atoms with Crippen molar-refractivity contribution in [1.82, 2.24) is 10.9 Å². The van der Waals surface area contributed by atoms with Gasteiger partial charge in [-0.3, -0.25) is 9.59 Å². The highest BCUT2D eigenvalue weighted by atomic mass is 16.5. The van der Waals surface area contributed by atoms with Crippen LogP contribution in [0, 0.1) is 0 Å². The topological polar surface area (TPSA) is 136 Å². The van der Waals surface area contributed by atoms with Gasteiger partial charge in [0.2, 0.25) is 0 Å². The van der Waals surface area contributed by atoms with Gasteiger partial charge in [0, 0.05) is 22.3 Å². The van der Waals surface area contributed by atoms with E-state index in [2.05, 4.69) is 21.1 Å². The van der Waals surface area contributed by atoms with Gasteiger partial charge in [-0.25, -0.2) is 20.4 Å². The standard InChI is InChI=1S/C43H32N4O6/c48-40(32-13-5-1-6-14-32)46-44-28-36-26-30(21-23-38(36)52-42(50)34-17-9-3-10-18-34)25-31-22-24-39(53-43(51)35-19-11-4-12-20-35)37(27-31)29-45-47-41(49)33-15-7-2-8-16-33/h1-24,26-29H,25H2,(H,46,48)(H,47,49)/b44-28+,45-29+. The quantitative estimate of drug-likeness (QED) is 0.0598. The Kier molecular flexibility index (Phi) is 11.7. The Hall–Kier alpha value is -7.46. The van der Waals surface area contributed by atoms with E-state index in [1.165, 1.54) is 12.4 Å². The zero-order valence-corrected chi connectivity index (χ0v) is 28.2. The van der Waals surface area contributed by atoms with Crippen molar-refractivity contribution in [3.05, 3.63) is 202 Å². The molecule has 10 heteroatoms. The zero-order chi connectivity index (χ0) is 36.8. The van der Waals surface area contributed by atoms with E-state index < -0.39 is 23.8 Å². The van der Waals surface area contributed by atoms with Gasteiger partial charge >= 0.3 is 11.9 Å². The number of carbonyl (C=O) groups is 4. The molecule has 2 N–H and O–H groups in total. The molecule has 10 nitrogen and oxygen atoms in total. The van der Waals surface area contributed by atoms with Gasteiger partial charge < -0.3 is 9.47 Å². The molecule has 0 aliphatic carbocycles. The number of hydrogen-bond acceptors (Lipinski definition) is 8.